The Labute approximate surface area is 107 Å². The topological polar surface area (TPSA) is 0 Å². The van der Waals surface area contributed by atoms with Crippen LogP contribution in [0.25, 0.3) is 0 Å². The zero-order valence-corrected chi connectivity index (χ0v) is 11.8. The van der Waals surface area contributed by atoms with Crippen molar-refractivity contribution in [1.82, 2.24) is 0 Å². The first-order valence-corrected chi connectivity index (χ1v) is 7.28. The Bertz CT molecular complexity index is 288. The van der Waals surface area contributed by atoms with Crippen molar-refractivity contribution in [3.63, 3.8) is 0 Å². The quantitative estimate of drug-likeness (QED) is 0.503. The first kappa shape index (κ1) is 14.3. The maximum atomic E-state index is 2.44. The van der Waals surface area contributed by atoms with Gasteiger partial charge in [0.25, 0.3) is 0 Å². The van der Waals surface area contributed by atoms with Crippen LogP contribution in [0.4, 0.5) is 0 Å². The van der Waals surface area contributed by atoms with Gasteiger partial charge in [-0.15, -0.1) is 0 Å². The molecule has 0 aliphatic heterocycles. The first-order chi connectivity index (χ1) is 8.23. The van der Waals surface area contributed by atoms with Crippen molar-refractivity contribution in [1.29, 1.82) is 0 Å². The molecule has 0 saturated carbocycles. The summed E-state index contributed by atoms with van der Waals surface area (Å²) in [5, 5.41) is 0. The molecule has 1 rings (SSSR count). The van der Waals surface area contributed by atoms with Crippen LogP contribution in [0.15, 0.2) is 30.3 Å². The van der Waals surface area contributed by atoms with E-state index in [1.807, 2.05) is 0 Å². The lowest BCUT2D eigenvalue weighted by molar-refractivity contribution is 0.377. The van der Waals surface area contributed by atoms with Crippen molar-refractivity contribution in [3.8, 4) is 0 Å². The lowest BCUT2D eigenvalue weighted by atomic mass is 9.75. The molecule has 0 spiro atoms. The van der Waals surface area contributed by atoms with Crippen LogP contribution in [0.3, 0.4) is 0 Å². The summed E-state index contributed by atoms with van der Waals surface area (Å²) in [7, 11) is 0. The molecule has 0 radical (unpaired) electrons. The van der Waals surface area contributed by atoms with E-state index in [1.54, 1.807) is 0 Å². The van der Waals surface area contributed by atoms with E-state index in [0.717, 1.165) is 0 Å². The van der Waals surface area contributed by atoms with E-state index >= 15 is 0 Å². The molecule has 1 aromatic rings. The van der Waals surface area contributed by atoms with E-state index in [1.165, 1.54) is 50.5 Å². The molecule has 0 fully saturated rings. The summed E-state index contributed by atoms with van der Waals surface area (Å²) in [5.74, 6) is 0. The van der Waals surface area contributed by atoms with Crippen molar-refractivity contribution in [2.24, 2.45) is 0 Å². The van der Waals surface area contributed by atoms with Crippen molar-refractivity contribution < 1.29 is 0 Å². The Balaban J connectivity index is 2.62. The fourth-order valence-electron chi connectivity index (χ4n) is 2.75. The summed E-state index contributed by atoms with van der Waals surface area (Å²) in [6.07, 6.45) is 9.40. The normalized spacial score (nSPS) is 14.5. The van der Waals surface area contributed by atoms with Crippen molar-refractivity contribution in [2.45, 2.75) is 71.1 Å². The Morgan fingerprint density at radius 2 is 1.53 bits per heavy atom. The Kier molecular flexibility index (Phi) is 6.32. The van der Waals surface area contributed by atoms with Crippen LogP contribution in [0.1, 0.15) is 71.3 Å². The molecule has 0 saturated heterocycles. The predicted molar refractivity (Wildman–Crippen MR) is 77.5 cm³/mol. The highest BCUT2D eigenvalue weighted by atomic mass is 14.3. The molecule has 0 amide bonds. The van der Waals surface area contributed by atoms with Crippen LogP contribution in [0.2, 0.25) is 0 Å². The molecule has 0 aromatic heterocycles. The molecule has 0 N–H and O–H groups in total. The van der Waals surface area contributed by atoms with Crippen molar-refractivity contribution in [2.75, 3.05) is 0 Å². The molecule has 0 bridgehead atoms. The van der Waals surface area contributed by atoms with Gasteiger partial charge in [-0.1, -0.05) is 83.2 Å². The molecule has 0 heterocycles. The summed E-state index contributed by atoms with van der Waals surface area (Å²) in [5.41, 5.74) is 1.92. The highest BCUT2D eigenvalue weighted by Gasteiger charge is 2.24. The van der Waals surface area contributed by atoms with Gasteiger partial charge in [0.15, 0.2) is 0 Å². The van der Waals surface area contributed by atoms with Crippen LogP contribution >= 0.6 is 0 Å². The molecular weight excluding hydrogens is 204 g/mol. The van der Waals surface area contributed by atoms with Gasteiger partial charge in [0.05, 0.1) is 0 Å². The lowest BCUT2D eigenvalue weighted by Gasteiger charge is -2.30. The molecular formula is C17H28. The summed E-state index contributed by atoms with van der Waals surface area (Å²) in [6, 6.07) is 11.1. The first-order valence-electron chi connectivity index (χ1n) is 7.28. The number of hydrogen-bond acceptors (Lipinski definition) is 0. The Morgan fingerprint density at radius 3 is 2.12 bits per heavy atom. The van der Waals surface area contributed by atoms with Crippen molar-refractivity contribution in [3.05, 3.63) is 35.9 Å². The van der Waals surface area contributed by atoms with Crippen LogP contribution in [-0.2, 0) is 5.41 Å². The molecule has 1 aromatic carbocycles. The minimum Gasteiger partial charge on any atom is -0.0654 e. The number of rotatable bonds is 8. The molecule has 96 valence electrons. The predicted octanol–water partition coefficient (Wildman–Crippen LogP) is 5.71. The highest BCUT2D eigenvalue weighted by molar-refractivity contribution is 5.24. The monoisotopic (exact) mass is 232 g/mol. The van der Waals surface area contributed by atoms with Crippen molar-refractivity contribution >= 4 is 0 Å². The van der Waals surface area contributed by atoms with E-state index in [2.05, 4.69) is 51.1 Å². The van der Waals surface area contributed by atoms with Gasteiger partial charge in [0.2, 0.25) is 0 Å². The smallest absolute Gasteiger partial charge is 0.00754 e. The third-order valence-corrected chi connectivity index (χ3v) is 3.85. The Hall–Kier alpha value is -0.780. The van der Waals surface area contributed by atoms with E-state index in [-0.39, 0.29) is 0 Å². The van der Waals surface area contributed by atoms with Gasteiger partial charge in [0.1, 0.15) is 0 Å². The fourth-order valence-corrected chi connectivity index (χ4v) is 2.75. The third-order valence-electron chi connectivity index (χ3n) is 3.85. The summed E-state index contributed by atoms with van der Waals surface area (Å²) in [4.78, 5) is 0. The number of benzene rings is 1. The third kappa shape index (κ3) is 4.53. The largest absolute Gasteiger partial charge is 0.0654 e. The van der Waals surface area contributed by atoms with E-state index in [9.17, 15) is 0 Å². The molecule has 1 atom stereocenters. The molecule has 0 aliphatic carbocycles. The van der Waals surface area contributed by atoms with Crippen LogP contribution < -0.4 is 0 Å². The molecule has 17 heavy (non-hydrogen) atoms. The van der Waals surface area contributed by atoms with Gasteiger partial charge in [0, 0.05) is 0 Å². The Morgan fingerprint density at radius 1 is 0.824 bits per heavy atom. The van der Waals surface area contributed by atoms with Gasteiger partial charge in [-0.25, -0.2) is 0 Å². The maximum absolute atomic E-state index is 2.44. The van der Waals surface area contributed by atoms with Crippen LogP contribution in [0.5, 0.6) is 0 Å². The van der Waals surface area contributed by atoms with Gasteiger partial charge < -0.3 is 0 Å². The lowest BCUT2D eigenvalue weighted by Crippen LogP contribution is -2.21. The van der Waals surface area contributed by atoms with Crippen LogP contribution in [0, 0.1) is 0 Å². The van der Waals surface area contributed by atoms with E-state index < -0.39 is 0 Å². The van der Waals surface area contributed by atoms with E-state index in [0.29, 0.717) is 5.41 Å². The molecule has 0 nitrogen and oxygen atoms in total. The minimum absolute atomic E-state index is 0.393. The molecule has 1 unspecified atom stereocenters. The average molecular weight is 232 g/mol. The zero-order chi connectivity index (χ0) is 12.6. The second-order valence-corrected chi connectivity index (χ2v) is 5.49. The van der Waals surface area contributed by atoms with E-state index in [4.69, 9.17) is 0 Å². The van der Waals surface area contributed by atoms with Crippen LogP contribution in [-0.4, -0.2) is 0 Å². The summed E-state index contributed by atoms with van der Waals surface area (Å²) < 4.78 is 0. The van der Waals surface area contributed by atoms with Gasteiger partial charge >= 0.3 is 0 Å². The zero-order valence-electron chi connectivity index (χ0n) is 11.8. The second kappa shape index (κ2) is 7.53. The van der Waals surface area contributed by atoms with Gasteiger partial charge in [-0.05, 0) is 23.8 Å². The summed E-state index contributed by atoms with van der Waals surface area (Å²) in [6.45, 7) is 7.02. The highest BCUT2D eigenvalue weighted by Crippen LogP contribution is 2.34. The molecule has 0 aliphatic rings. The number of hydrogen-bond donors (Lipinski definition) is 0. The minimum atomic E-state index is 0.393. The summed E-state index contributed by atoms with van der Waals surface area (Å²) >= 11 is 0. The SMILES string of the molecule is CCCCCCC(C)(CCC)c1ccccc1. The van der Waals surface area contributed by atoms with Gasteiger partial charge in [-0.2, -0.15) is 0 Å². The molecule has 0 heteroatoms. The second-order valence-electron chi connectivity index (χ2n) is 5.49. The fraction of sp³-hybridized carbons (Fsp3) is 0.647. The standard InChI is InChI=1S/C17H28/c1-4-6-7-11-15-17(3,14-5-2)16-12-9-8-10-13-16/h8-10,12-13H,4-7,11,14-15H2,1-3H3. The van der Waals surface area contributed by atoms with Gasteiger partial charge in [-0.3, -0.25) is 0 Å². The average Bonchev–Trinajstić information content (AvgIpc) is 2.36. The number of unbranched alkanes of at least 4 members (excludes halogenated alkanes) is 3. The maximum Gasteiger partial charge on any atom is -0.00754 e.